The molecule has 1 aromatic carbocycles. The van der Waals surface area contributed by atoms with Gasteiger partial charge in [0, 0.05) is 5.56 Å². The van der Waals surface area contributed by atoms with Gasteiger partial charge in [-0.15, -0.1) is 0 Å². The van der Waals surface area contributed by atoms with Gasteiger partial charge >= 0.3 is 12.4 Å². The monoisotopic (exact) mass is 302 g/mol. The highest BCUT2D eigenvalue weighted by molar-refractivity contribution is 5.75. The lowest BCUT2D eigenvalue weighted by atomic mass is 10.1. The Morgan fingerprint density at radius 3 is 2.25 bits per heavy atom. The summed E-state index contributed by atoms with van der Waals surface area (Å²) in [6, 6.07) is 2.41. The number of hydrogen-bond acceptors (Lipinski definition) is 3. The number of carbonyl (C=O) groups excluding carboxylic acids is 1. The fraction of sp³-hybridized carbons (Fsp3) is 0.364. The molecule has 0 aromatic heterocycles. The topological polar surface area (TPSA) is 35.5 Å². The smallest absolute Gasteiger partial charge is 0.419 e. The van der Waals surface area contributed by atoms with Crippen LogP contribution in [0, 0.1) is 0 Å². The maximum atomic E-state index is 12.6. The van der Waals surface area contributed by atoms with Crippen molar-refractivity contribution in [2.24, 2.45) is 0 Å². The first-order valence-corrected chi connectivity index (χ1v) is 5.07. The van der Waals surface area contributed by atoms with Crippen LogP contribution >= 0.6 is 0 Å². The lowest BCUT2D eigenvalue weighted by Gasteiger charge is -2.14. The maximum absolute atomic E-state index is 12.6. The molecule has 0 N–H and O–H groups in total. The summed E-state index contributed by atoms with van der Waals surface area (Å²) in [5.41, 5.74) is -1.50. The number of carbonyl (C=O) groups is 1. The molecule has 1 rings (SSSR count). The molecule has 0 bridgehead atoms. The van der Waals surface area contributed by atoms with Gasteiger partial charge in [0.05, 0.1) is 5.56 Å². The minimum atomic E-state index is -4.81. The molecule has 0 heterocycles. The largest absolute Gasteiger partial charge is 0.467 e. The highest BCUT2D eigenvalue weighted by Gasteiger charge is 2.35. The molecule has 9 heteroatoms. The van der Waals surface area contributed by atoms with E-state index >= 15 is 0 Å². The predicted molar refractivity (Wildman–Crippen MR) is 54.3 cm³/mol. The average molecular weight is 302 g/mol. The third-order valence-electron chi connectivity index (χ3n) is 2.01. The molecular formula is C11H8F6O3. The zero-order valence-electron chi connectivity index (χ0n) is 9.72. The summed E-state index contributed by atoms with van der Waals surface area (Å²) in [6.07, 6.45) is -9.20. The molecule has 0 saturated heterocycles. The highest BCUT2D eigenvalue weighted by atomic mass is 19.4. The van der Waals surface area contributed by atoms with Crippen molar-refractivity contribution in [3.63, 3.8) is 0 Å². The molecule has 0 aliphatic carbocycles. The molecule has 0 aliphatic heterocycles. The van der Waals surface area contributed by atoms with Gasteiger partial charge in [0.25, 0.3) is 0 Å². The first-order chi connectivity index (χ1) is 9.13. The lowest BCUT2D eigenvalue weighted by Crippen LogP contribution is -2.19. The van der Waals surface area contributed by atoms with Gasteiger partial charge in [0.2, 0.25) is 0 Å². The quantitative estimate of drug-likeness (QED) is 0.362. The number of ether oxygens (including phenoxy) is 2. The van der Waals surface area contributed by atoms with Crippen LogP contribution in [0.5, 0.6) is 5.75 Å². The number of alkyl halides is 6. The first-order valence-electron chi connectivity index (χ1n) is 5.07. The SMILES string of the molecule is O=Cc1ccc(OCOCC(F)(F)F)c(C(F)(F)F)c1. The van der Waals surface area contributed by atoms with E-state index < -0.39 is 37.1 Å². The molecular weight excluding hydrogens is 294 g/mol. The molecule has 0 aliphatic rings. The normalized spacial score (nSPS) is 12.3. The van der Waals surface area contributed by atoms with Gasteiger partial charge < -0.3 is 9.47 Å². The van der Waals surface area contributed by atoms with Gasteiger partial charge in [-0.3, -0.25) is 4.79 Å². The molecule has 0 spiro atoms. The number of rotatable bonds is 5. The van der Waals surface area contributed by atoms with Gasteiger partial charge in [0.15, 0.2) is 6.79 Å². The van der Waals surface area contributed by atoms with E-state index in [1.807, 2.05) is 0 Å². The summed E-state index contributed by atoms with van der Waals surface area (Å²) in [7, 11) is 0. The Morgan fingerprint density at radius 2 is 1.75 bits per heavy atom. The standard InChI is InChI=1S/C11H8F6O3/c12-10(13,14)5-19-6-20-9-2-1-7(4-18)3-8(9)11(15,16)17/h1-4H,5-6H2. The van der Waals surface area contributed by atoms with Crippen molar-refractivity contribution in [3.8, 4) is 5.75 Å². The summed E-state index contributed by atoms with van der Waals surface area (Å²) in [4.78, 5) is 10.4. The van der Waals surface area contributed by atoms with Crippen molar-refractivity contribution in [3.05, 3.63) is 29.3 Å². The highest BCUT2D eigenvalue weighted by Crippen LogP contribution is 2.36. The Bertz CT molecular complexity index is 466. The number of aldehydes is 1. The second kappa shape index (κ2) is 6.12. The van der Waals surface area contributed by atoms with Gasteiger partial charge in [0.1, 0.15) is 18.6 Å². The van der Waals surface area contributed by atoms with E-state index in [0.29, 0.717) is 6.07 Å². The minimum Gasteiger partial charge on any atom is -0.467 e. The summed E-state index contributed by atoms with van der Waals surface area (Å²) in [5, 5.41) is 0. The van der Waals surface area contributed by atoms with Crippen LogP contribution < -0.4 is 4.74 Å². The van der Waals surface area contributed by atoms with E-state index in [0.717, 1.165) is 12.1 Å². The van der Waals surface area contributed by atoms with Gasteiger partial charge in [-0.1, -0.05) is 0 Å². The minimum absolute atomic E-state index is 0.208. The van der Waals surface area contributed by atoms with E-state index in [1.165, 1.54) is 0 Å². The average Bonchev–Trinajstić information content (AvgIpc) is 2.32. The Morgan fingerprint density at radius 1 is 1.10 bits per heavy atom. The van der Waals surface area contributed by atoms with E-state index in [4.69, 9.17) is 0 Å². The molecule has 3 nitrogen and oxygen atoms in total. The van der Waals surface area contributed by atoms with E-state index in [1.54, 1.807) is 0 Å². The van der Waals surface area contributed by atoms with Crippen LogP contribution in [0.25, 0.3) is 0 Å². The number of hydrogen-bond donors (Lipinski definition) is 0. The number of halogens is 6. The summed E-state index contributed by atoms with van der Waals surface area (Å²) in [5.74, 6) is -0.717. The number of benzene rings is 1. The third kappa shape index (κ3) is 5.08. The zero-order chi connectivity index (χ0) is 15.4. The van der Waals surface area contributed by atoms with Crippen LogP contribution in [-0.2, 0) is 10.9 Å². The fourth-order valence-electron chi connectivity index (χ4n) is 1.23. The van der Waals surface area contributed by atoms with Crippen molar-refractivity contribution >= 4 is 6.29 Å². The molecule has 0 saturated carbocycles. The predicted octanol–water partition coefficient (Wildman–Crippen LogP) is 3.43. The zero-order valence-corrected chi connectivity index (χ0v) is 9.72. The van der Waals surface area contributed by atoms with Crippen LogP contribution in [0.4, 0.5) is 26.3 Å². The van der Waals surface area contributed by atoms with E-state index in [2.05, 4.69) is 9.47 Å². The molecule has 0 atom stereocenters. The summed E-state index contributed by atoms with van der Waals surface area (Å²) in [6.45, 7) is -2.64. The van der Waals surface area contributed by atoms with Crippen LogP contribution in [-0.4, -0.2) is 25.9 Å². The Balaban J connectivity index is 2.77. The van der Waals surface area contributed by atoms with Gasteiger partial charge in [-0.05, 0) is 18.2 Å². The molecule has 0 amide bonds. The molecule has 0 radical (unpaired) electrons. The molecule has 1 aromatic rings. The van der Waals surface area contributed by atoms with Crippen LogP contribution in [0.15, 0.2) is 18.2 Å². The van der Waals surface area contributed by atoms with Crippen LogP contribution in [0.3, 0.4) is 0 Å². The van der Waals surface area contributed by atoms with Gasteiger partial charge in [-0.2, -0.15) is 26.3 Å². The van der Waals surface area contributed by atoms with Crippen molar-refractivity contribution in [1.82, 2.24) is 0 Å². The van der Waals surface area contributed by atoms with E-state index in [-0.39, 0.29) is 11.8 Å². The second-order valence-corrected chi connectivity index (χ2v) is 3.60. The van der Waals surface area contributed by atoms with Gasteiger partial charge in [-0.25, -0.2) is 0 Å². The Hall–Kier alpha value is -1.77. The second-order valence-electron chi connectivity index (χ2n) is 3.60. The van der Waals surface area contributed by atoms with Crippen molar-refractivity contribution in [1.29, 1.82) is 0 Å². The lowest BCUT2D eigenvalue weighted by molar-refractivity contribution is -0.187. The van der Waals surface area contributed by atoms with Crippen LogP contribution in [0.1, 0.15) is 15.9 Å². The molecule has 0 fully saturated rings. The molecule has 112 valence electrons. The first kappa shape index (κ1) is 16.3. The third-order valence-corrected chi connectivity index (χ3v) is 2.01. The molecule has 20 heavy (non-hydrogen) atoms. The van der Waals surface area contributed by atoms with E-state index in [9.17, 15) is 31.1 Å². The van der Waals surface area contributed by atoms with Crippen LogP contribution in [0.2, 0.25) is 0 Å². The maximum Gasteiger partial charge on any atom is 0.419 e. The summed E-state index contributed by atoms with van der Waals surface area (Å²) < 4.78 is 81.7. The van der Waals surface area contributed by atoms with Crippen molar-refractivity contribution in [2.45, 2.75) is 12.4 Å². The fourth-order valence-corrected chi connectivity index (χ4v) is 1.23. The Labute approximate surface area is 109 Å². The molecule has 0 unspecified atom stereocenters. The van der Waals surface area contributed by atoms with Crippen molar-refractivity contribution in [2.75, 3.05) is 13.4 Å². The summed E-state index contributed by atoms with van der Waals surface area (Å²) >= 11 is 0. The Kier molecular flexibility index (Phi) is 4.98. The van der Waals surface area contributed by atoms with Crippen molar-refractivity contribution < 1.29 is 40.6 Å².